The average molecular weight is 428 g/mol. The van der Waals surface area contributed by atoms with E-state index in [0.717, 1.165) is 22.1 Å². The predicted octanol–water partition coefficient (Wildman–Crippen LogP) is 6.08. The summed E-state index contributed by atoms with van der Waals surface area (Å²) in [5, 5.41) is 5.19. The highest BCUT2D eigenvalue weighted by molar-refractivity contribution is 6.05. The maximum Gasteiger partial charge on any atom is 0.255 e. The van der Waals surface area contributed by atoms with Crippen LogP contribution in [0.15, 0.2) is 84.9 Å². The van der Waals surface area contributed by atoms with Crippen molar-refractivity contribution < 1.29 is 19.0 Å². The van der Waals surface area contributed by atoms with Crippen LogP contribution in [0.2, 0.25) is 0 Å². The summed E-state index contributed by atoms with van der Waals surface area (Å²) in [6.45, 7) is 2.70. The van der Waals surface area contributed by atoms with Crippen LogP contribution in [0.5, 0.6) is 17.2 Å². The van der Waals surface area contributed by atoms with Crippen LogP contribution in [0.3, 0.4) is 0 Å². The minimum absolute atomic E-state index is 0.230. The summed E-state index contributed by atoms with van der Waals surface area (Å²) in [4.78, 5) is 12.9. The molecule has 32 heavy (non-hydrogen) atoms. The molecule has 0 atom stereocenters. The smallest absolute Gasteiger partial charge is 0.255 e. The zero-order chi connectivity index (χ0) is 22.3. The summed E-state index contributed by atoms with van der Waals surface area (Å²) in [7, 11) is 1.60. The molecule has 4 aromatic rings. The van der Waals surface area contributed by atoms with Gasteiger partial charge in [0.15, 0.2) is 0 Å². The Kier molecular flexibility index (Phi) is 6.56. The first kappa shape index (κ1) is 21.2. The Hall–Kier alpha value is -3.99. The second kappa shape index (κ2) is 9.88. The Balaban J connectivity index is 1.52. The predicted molar refractivity (Wildman–Crippen MR) is 127 cm³/mol. The van der Waals surface area contributed by atoms with Crippen LogP contribution in [0, 0.1) is 0 Å². The monoisotopic (exact) mass is 427 g/mol. The van der Waals surface area contributed by atoms with E-state index in [9.17, 15) is 4.79 Å². The number of rotatable bonds is 8. The topological polar surface area (TPSA) is 56.8 Å². The highest BCUT2D eigenvalue weighted by Crippen LogP contribution is 2.27. The van der Waals surface area contributed by atoms with Gasteiger partial charge in [0.1, 0.15) is 23.9 Å². The van der Waals surface area contributed by atoms with Gasteiger partial charge in [-0.25, -0.2) is 0 Å². The molecule has 4 aromatic carbocycles. The van der Waals surface area contributed by atoms with Gasteiger partial charge in [-0.15, -0.1) is 0 Å². The van der Waals surface area contributed by atoms with E-state index < -0.39 is 0 Å². The van der Waals surface area contributed by atoms with Crippen LogP contribution in [-0.2, 0) is 6.61 Å². The average Bonchev–Trinajstić information content (AvgIpc) is 2.83. The minimum atomic E-state index is -0.230. The van der Waals surface area contributed by atoms with E-state index in [2.05, 4.69) is 11.4 Å². The Morgan fingerprint density at radius 3 is 2.41 bits per heavy atom. The van der Waals surface area contributed by atoms with Crippen LogP contribution >= 0.6 is 0 Å². The van der Waals surface area contributed by atoms with Gasteiger partial charge in [-0.1, -0.05) is 42.5 Å². The lowest BCUT2D eigenvalue weighted by Gasteiger charge is -2.14. The third-order valence-corrected chi connectivity index (χ3v) is 5.09. The fraction of sp³-hybridized carbons (Fsp3) is 0.148. The zero-order valence-electron chi connectivity index (χ0n) is 18.1. The molecule has 0 fully saturated rings. The number of fused-ring (bicyclic) bond motifs is 1. The zero-order valence-corrected chi connectivity index (χ0v) is 18.1. The van der Waals surface area contributed by atoms with Crippen molar-refractivity contribution in [3.05, 3.63) is 96.1 Å². The van der Waals surface area contributed by atoms with Crippen molar-refractivity contribution in [1.29, 1.82) is 0 Å². The van der Waals surface area contributed by atoms with Crippen molar-refractivity contribution in [2.75, 3.05) is 19.0 Å². The van der Waals surface area contributed by atoms with Gasteiger partial charge in [-0.05, 0) is 60.2 Å². The summed E-state index contributed by atoms with van der Waals surface area (Å²) in [6, 6.07) is 26.8. The van der Waals surface area contributed by atoms with Gasteiger partial charge in [0.05, 0.1) is 19.4 Å². The van der Waals surface area contributed by atoms with E-state index in [0.29, 0.717) is 29.4 Å². The standard InChI is InChI=1S/C27H25NO4/c1-3-31-26-11-7-6-10-24(26)28-27(29)21-13-15-25(30-2)22(16-21)18-32-23-14-12-19-8-4-5-9-20(19)17-23/h4-17H,3,18H2,1-2H3,(H,28,29). The quantitative estimate of drug-likeness (QED) is 0.370. The lowest BCUT2D eigenvalue weighted by atomic mass is 10.1. The number of nitrogens with one attached hydrogen (secondary N) is 1. The number of carbonyl (C=O) groups is 1. The van der Waals surface area contributed by atoms with Crippen LogP contribution in [-0.4, -0.2) is 19.6 Å². The number of ether oxygens (including phenoxy) is 3. The maximum absolute atomic E-state index is 12.9. The van der Waals surface area contributed by atoms with Gasteiger partial charge >= 0.3 is 0 Å². The normalized spacial score (nSPS) is 10.6. The molecule has 1 amide bonds. The van der Waals surface area contributed by atoms with Gasteiger partial charge in [0, 0.05) is 11.1 Å². The summed E-state index contributed by atoms with van der Waals surface area (Å²) < 4.78 is 17.1. The summed E-state index contributed by atoms with van der Waals surface area (Å²) in [6.07, 6.45) is 0. The minimum Gasteiger partial charge on any atom is -0.496 e. The lowest BCUT2D eigenvalue weighted by Crippen LogP contribution is -2.14. The highest BCUT2D eigenvalue weighted by atomic mass is 16.5. The Bertz CT molecular complexity index is 1240. The van der Waals surface area contributed by atoms with Gasteiger partial charge in [-0.2, -0.15) is 0 Å². The first-order chi connectivity index (χ1) is 15.7. The van der Waals surface area contributed by atoms with Crippen LogP contribution in [0.25, 0.3) is 10.8 Å². The first-order valence-corrected chi connectivity index (χ1v) is 10.5. The number of anilines is 1. The molecule has 0 saturated carbocycles. The molecule has 5 nitrogen and oxygen atoms in total. The number of carbonyl (C=O) groups excluding carboxylic acids is 1. The molecule has 0 unspecified atom stereocenters. The molecule has 0 aliphatic heterocycles. The van der Waals surface area contributed by atoms with E-state index in [4.69, 9.17) is 14.2 Å². The number of amides is 1. The van der Waals surface area contributed by atoms with Gasteiger partial charge in [0.25, 0.3) is 5.91 Å². The fourth-order valence-electron chi connectivity index (χ4n) is 3.50. The first-order valence-electron chi connectivity index (χ1n) is 10.5. The molecular formula is C27H25NO4. The molecule has 0 aromatic heterocycles. The molecule has 0 aliphatic carbocycles. The van der Waals surface area contributed by atoms with Crippen LogP contribution in [0.4, 0.5) is 5.69 Å². The molecule has 0 radical (unpaired) electrons. The number of methoxy groups -OCH3 is 1. The Labute approximate surface area is 187 Å². The molecular weight excluding hydrogens is 402 g/mol. The summed E-state index contributed by atoms with van der Waals surface area (Å²) >= 11 is 0. The van der Waals surface area contributed by atoms with Crippen molar-refractivity contribution in [3.63, 3.8) is 0 Å². The van der Waals surface area contributed by atoms with Crippen molar-refractivity contribution in [1.82, 2.24) is 0 Å². The number of hydrogen-bond acceptors (Lipinski definition) is 4. The van der Waals surface area contributed by atoms with Gasteiger partial charge in [-0.3, -0.25) is 4.79 Å². The molecule has 0 aliphatic rings. The highest BCUT2D eigenvalue weighted by Gasteiger charge is 2.13. The molecule has 0 saturated heterocycles. The maximum atomic E-state index is 12.9. The molecule has 0 heterocycles. The van der Waals surface area contributed by atoms with Gasteiger partial charge < -0.3 is 19.5 Å². The van der Waals surface area contributed by atoms with E-state index in [1.54, 1.807) is 25.3 Å². The molecule has 1 N–H and O–H groups in total. The largest absolute Gasteiger partial charge is 0.496 e. The van der Waals surface area contributed by atoms with Crippen LogP contribution in [0.1, 0.15) is 22.8 Å². The molecule has 0 spiro atoms. The van der Waals surface area contributed by atoms with Gasteiger partial charge in [0.2, 0.25) is 0 Å². The number of benzene rings is 4. The third kappa shape index (κ3) is 4.83. The van der Waals surface area contributed by atoms with E-state index in [1.807, 2.05) is 67.6 Å². The molecule has 4 rings (SSSR count). The number of hydrogen-bond donors (Lipinski definition) is 1. The molecule has 0 bridgehead atoms. The molecule has 5 heteroatoms. The van der Waals surface area contributed by atoms with Crippen molar-refractivity contribution in [2.45, 2.75) is 13.5 Å². The Morgan fingerprint density at radius 2 is 1.59 bits per heavy atom. The molecule has 162 valence electrons. The Morgan fingerprint density at radius 1 is 0.812 bits per heavy atom. The second-order valence-corrected chi connectivity index (χ2v) is 7.21. The van der Waals surface area contributed by atoms with Crippen molar-refractivity contribution >= 4 is 22.4 Å². The summed E-state index contributed by atoms with van der Waals surface area (Å²) in [5.74, 6) is 1.83. The lowest BCUT2D eigenvalue weighted by molar-refractivity contribution is 0.102. The fourth-order valence-corrected chi connectivity index (χ4v) is 3.50. The van der Waals surface area contributed by atoms with Crippen molar-refractivity contribution in [3.8, 4) is 17.2 Å². The van der Waals surface area contributed by atoms with E-state index >= 15 is 0 Å². The summed E-state index contributed by atoms with van der Waals surface area (Å²) in [5.41, 5.74) is 1.92. The second-order valence-electron chi connectivity index (χ2n) is 7.21. The third-order valence-electron chi connectivity index (χ3n) is 5.09. The number of para-hydroxylation sites is 2. The van der Waals surface area contributed by atoms with Crippen molar-refractivity contribution in [2.24, 2.45) is 0 Å². The SMILES string of the molecule is CCOc1ccccc1NC(=O)c1ccc(OC)c(COc2ccc3ccccc3c2)c1. The van der Waals surface area contributed by atoms with Crippen LogP contribution < -0.4 is 19.5 Å². The van der Waals surface area contributed by atoms with E-state index in [1.165, 1.54) is 0 Å². The van der Waals surface area contributed by atoms with E-state index in [-0.39, 0.29) is 12.5 Å².